The number of halogens is 2. The van der Waals surface area contributed by atoms with Crippen LogP contribution in [0.5, 0.6) is 0 Å². The van der Waals surface area contributed by atoms with Crippen LogP contribution in [0.2, 0.25) is 0 Å². The van der Waals surface area contributed by atoms with Gasteiger partial charge in [0.25, 0.3) is 5.16 Å². The number of hydrogen-bond acceptors (Lipinski definition) is 4. The van der Waals surface area contributed by atoms with Gasteiger partial charge in [0.05, 0.1) is 7.05 Å². The highest BCUT2D eigenvalue weighted by Crippen LogP contribution is 2.43. The first kappa shape index (κ1) is 18.2. The first-order valence-corrected chi connectivity index (χ1v) is 10.1. The van der Waals surface area contributed by atoms with Gasteiger partial charge in [-0.05, 0) is 36.8 Å². The number of unbranched alkanes of at least 4 members (excludes halogenated alkanes) is 1. The summed E-state index contributed by atoms with van der Waals surface area (Å²) in [5, 5.41) is 0.634. The number of anilines is 1. The number of aromatic nitrogens is 4. The van der Waals surface area contributed by atoms with Gasteiger partial charge in [-0.1, -0.05) is 30.1 Å². The summed E-state index contributed by atoms with van der Waals surface area (Å²) in [6.45, 7) is 2.14. The number of thioether (sulfide) groups is 1. The summed E-state index contributed by atoms with van der Waals surface area (Å²) >= 11 is 1.58. The number of hydrogen-bond donors (Lipinski definition) is 1. The van der Waals surface area contributed by atoms with Crippen LogP contribution in [0, 0.1) is 11.6 Å². The van der Waals surface area contributed by atoms with Gasteiger partial charge in [0.1, 0.15) is 5.69 Å². The largest absolute Gasteiger partial charge is 0.380 e. The molecule has 5 nitrogen and oxygen atoms in total. The maximum atomic E-state index is 14.0. The van der Waals surface area contributed by atoms with E-state index in [-0.39, 0.29) is 5.92 Å². The van der Waals surface area contributed by atoms with Gasteiger partial charge in [-0.25, -0.2) is 17.9 Å². The molecule has 1 aliphatic carbocycles. The lowest BCUT2D eigenvalue weighted by Gasteiger charge is -2.08. The Labute approximate surface area is 160 Å². The number of rotatable bonds is 6. The van der Waals surface area contributed by atoms with Crippen molar-refractivity contribution in [2.24, 2.45) is 7.05 Å². The van der Waals surface area contributed by atoms with E-state index in [1.807, 2.05) is 11.6 Å². The number of imidazole rings is 1. The van der Waals surface area contributed by atoms with Crippen LogP contribution in [0.4, 0.5) is 14.6 Å². The van der Waals surface area contributed by atoms with Crippen molar-refractivity contribution in [2.75, 3.05) is 11.5 Å². The van der Waals surface area contributed by atoms with Crippen molar-refractivity contribution in [1.82, 2.24) is 14.5 Å². The zero-order valence-corrected chi connectivity index (χ0v) is 16.2. The van der Waals surface area contributed by atoms with Gasteiger partial charge in [-0.3, -0.25) is 0 Å². The van der Waals surface area contributed by atoms with Crippen molar-refractivity contribution in [3.63, 3.8) is 0 Å². The summed E-state index contributed by atoms with van der Waals surface area (Å²) in [6, 6.07) is 2.55. The van der Waals surface area contributed by atoms with Gasteiger partial charge in [0.2, 0.25) is 5.52 Å². The third-order valence-electron chi connectivity index (χ3n) is 4.81. The van der Waals surface area contributed by atoms with E-state index < -0.39 is 11.6 Å². The summed E-state index contributed by atoms with van der Waals surface area (Å²) in [5.41, 5.74) is 8.95. The van der Waals surface area contributed by atoms with Gasteiger partial charge in [0.15, 0.2) is 23.8 Å². The van der Waals surface area contributed by atoms with E-state index in [1.165, 1.54) is 12.1 Å². The second-order valence-corrected chi connectivity index (χ2v) is 8.02. The Hall–Kier alpha value is -2.22. The van der Waals surface area contributed by atoms with Crippen LogP contribution in [0.3, 0.4) is 0 Å². The summed E-state index contributed by atoms with van der Waals surface area (Å²) in [7, 11) is 1.86. The molecule has 8 heteroatoms. The summed E-state index contributed by atoms with van der Waals surface area (Å²) in [6.07, 6.45) is 5.95. The molecule has 3 aromatic rings. The first-order valence-electron chi connectivity index (χ1n) is 9.16. The number of nitrogen functional groups attached to an aromatic ring is 1. The van der Waals surface area contributed by atoms with E-state index >= 15 is 0 Å². The second kappa shape index (κ2) is 7.07. The molecule has 0 bridgehead atoms. The SMILES string of the molecule is CCCCSc1nc(N)c2c(n1)[n+](C)cn2-c1cc(F)c(F)cc1C1CC1. The minimum absolute atomic E-state index is 0.254. The van der Waals surface area contributed by atoms with Crippen molar-refractivity contribution < 1.29 is 13.3 Å². The van der Waals surface area contributed by atoms with Crippen LogP contribution < -0.4 is 10.3 Å². The van der Waals surface area contributed by atoms with Crippen LogP contribution in [0.1, 0.15) is 44.1 Å². The first-order chi connectivity index (χ1) is 13.0. The zero-order chi connectivity index (χ0) is 19.1. The van der Waals surface area contributed by atoms with Crippen LogP contribution in [-0.4, -0.2) is 20.3 Å². The van der Waals surface area contributed by atoms with E-state index in [2.05, 4.69) is 16.9 Å². The quantitative estimate of drug-likeness (QED) is 0.300. The number of nitrogens with two attached hydrogens (primary N) is 1. The van der Waals surface area contributed by atoms with Gasteiger partial charge < -0.3 is 5.73 Å². The molecule has 0 unspecified atom stereocenters. The highest BCUT2D eigenvalue weighted by molar-refractivity contribution is 7.99. The minimum Gasteiger partial charge on any atom is -0.380 e. The Bertz CT molecular complexity index is 1010. The maximum absolute atomic E-state index is 14.0. The lowest BCUT2D eigenvalue weighted by Crippen LogP contribution is -2.26. The molecule has 0 saturated heterocycles. The third kappa shape index (κ3) is 3.38. The standard InChI is InChI=1S/C19H22F2N5S/c1-3-4-7-27-19-23-17(22)16-18(24-19)25(2)10-26(16)15-9-14(21)13(20)8-12(15)11-5-6-11/h8-11H,3-7H2,1-2H3,(H2,22,23,24)/q+1. The molecule has 1 fully saturated rings. The summed E-state index contributed by atoms with van der Waals surface area (Å²) < 4.78 is 31.5. The molecular formula is C19H22F2N5S+. The molecule has 1 saturated carbocycles. The topological polar surface area (TPSA) is 60.6 Å². The van der Waals surface area contributed by atoms with Gasteiger partial charge >= 0.3 is 5.65 Å². The highest BCUT2D eigenvalue weighted by Gasteiger charge is 2.31. The molecular weight excluding hydrogens is 368 g/mol. The number of nitrogens with zero attached hydrogens (tertiary/aromatic N) is 4. The van der Waals surface area contributed by atoms with E-state index in [1.54, 1.807) is 22.7 Å². The highest BCUT2D eigenvalue weighted by atomic mass is 32.2. The minimum atomic E-state index is -0.870. The molecule has 0 aliphatic heterocycles. The molecule has 0 radical (unpaired) electrons. The molecule has 142 valence electrons. The number of aryl methyl sites for hydroxylation is 1. The molecule has 2 aromatic heterocycles. The van der Waals surface area contributed by atoms with Crippen molar-refractivity contribution >= 4 is 28.7 Å². The van der Waals surface area contributed by atoms with Gasteiger partial charge in [0, 0.05) is 11.8 Å². The maximum Gasteiger partial charge on any atom is 0.308 e. The van der Waals surface area contributed by atoms with E-state index in [9.17, 15) is 8.78 Å². The average Bonchev–Trinajstić information content (AvgIpc) is 3.42. The molecule has 1 aromatic carbocycles. The zero-order valence-electron chi connectivity index (χ0n) is 15.4. The molecule has 1 aliphatic rings. The van der Waals surface area contributed by atoms with Crippen LogP contribution in [-0.2, 0) is 7.05 Å². The fourth-order valence-corrected chi connectivity index (χ4v) is 4.17. The fraction of sp³-hybridized carbons (Fsp3) is 0.421. The van der Waals surface area contributed by atoms with E-state index in [0.717, 1.165) is 37.0 Å². The molecule has 0 spiro atoms. The Balaban J connectivity index is 1.85. The third-order valence-corrected chi connectivity index (χ3v) is 5.74. The summed E-state index contributed by atoms with van der Waals surface area (Å²) in [4.78, 5) is 9.06. The fourth-order valence-electron chi connectivity index (χ4n) is 3.24. The molecule has 27 heavy (non-hydrogen) atoms. The predicted octanol–water partition coefficient (Wildman–Crippen LogP) is 3.88. The predicted molar refractivity (Wildman–Crippen MR) is 102 cm³/mol. The molecule has 2 heterocycles. The lowest BCUT2D eigenvalue weighted by molar-refractivity contribution is -0.647. The van der Waals surface area contributed by atoms with Crippen LogP contribution in [0.15, 0.2) is 23.6 Å². The van der Waals surface area contributed by atoms with Crippen molar-refractivity contribution in [1.29, 1.82) is 0 Å². The monoisotopic (exact) mass is 390 g/mol. The molecule has 0 amide bonds. The van der Waals surface area contributed by atoms with Crippen molar-refractivity contribution in [2.45, 2.75) is 43.7 Å². The molecule has 4 rings (SSSR count). The Morgan fingerprint density at radius 3 is 2.70 bits per heavy atom. The summed E-state index contributed by atoms with van der Waals surface area (Å²) in [5.74, 6) is -0.165. The van der Waals surface area contributed by atoms with E-state index in [0.29, 0.717) is 27.8 Å². The van der Waals surface area contributed by atoms with Crippen molar-refractivity contribution in [3.8, 4) is 5.69 Å². The van der Waals surface area contributed by atoms with Crippen LogP contribution >= 0.6 is 11.8 Å². The van der Waals surface area contributed by atoms with Gasteiger partial charge in [-0.15, -0.1) is 0 Å². The van der Waals surface area contributed by atoms with Crippen LogP contribution in [0.25, 0.3) is 16.9 Å². The Morgan fingerprint density at radius 1 is 1.26 bits per heavy atom. The van der Waals surface area contributed by atoms with Gasteiger partial charge in [-0.2, -0.15) is 4.98 Å². The molecule has 0 atom stereocenters. The lowest BCUT2D eigenvalue weighted by atomic mass is 10.1. The smallest absolute Gasteiger partial charge is 0.308 e. The number of benzene rings is 1. The normalized spacial score (nSPS) is 14.2. The van der Waals surface area contributed by atoms with E-state index in [4.69, 9.17) is 5.73 Å². The second-order valence-electron chi connectivity index (χ2n) is 6.96. The Kier molecular flexibility index (Phi) is 4.75. The molecule has 2 N–H and O–H groups in total. The van der Waals surface area contributed by atoms with Crippen molar-refractivity contribution in [3.05, 3.63) is 35.7 Å². The number of fused-ring (bicyclic) bond motifs is 1. The average molecular weight is 390 g/mol. The Morgan fingerprint density at radius 2 is 2.00 bits per heavy atom.